The molecule has 1 saturated heterocycles. The summed E-state index contributed by atoms with van der Waals surface area (Å²) in [5.41, 5.74) is -0.160. The van der Waals surface area contributed by atoms with Crippen LogP contribution in [0.3, 0.4) is 0 Å². The zero-order valence-corrected chi connectivity index (χ0v) is 15.2. The molecule has 0 unspecified atom stereocenters. The van der Waals surface area contributed by atoms with Crippen molar-refractivity contribution in [1.29, 1.82) is 0 Å². The van der Waals surface area contributed by atoms with Crippen molar-refractivity contribution >= 4 is 23.3 Å². The third-order valence-electron chi connectivity index (χ3n) is 4.53. The number of rotatable bonds is 3. The summed E-state index contributed by atoms with van der Waals surface area (Å²) in [5, 5.41) is 2.58. The predicted molar refractivity (Wildman–Crippen MR) is 98.1 cm³/mol. The van der Waals surface area contributed by atoms with E-state index in [1.807, 2.05) is 4.90 Å². The molecule has 0 radical (unpaired) electrons. The number of nitrogens with one attached hydrogen (secondary N) is 1. The quantitative estimate of drug-likeness (QED) is 0.872. The van der Waals surface area contributed by atoms with Gasteiger partial charge in [-0.25, -0.2) is 4.98 Å². The van der Waals surface area contributed by atoms with E-state index >= 15 is 0 Å². The summed E-state index contributed by atoms with van der Waals surface area (Å²) in [4.78, 5) is 31.9. The maximum Gasteiger partial charge on any atom is 0.416 e. The van der Waals surface area contributed by atoms with Crippen molar-refractivity contribution in [2.75, 3.05) is 36.4 Å². The van der Waals surface area contributed by atoms with E-state index in [0.717, 1.165) is 12.1 Å². The summed E-state index contributed by atoms with van der Waals surface area (Å²) in [5.74, 6) is 0.200. The topological polar surface area (TPSA) is 65.5 Å². The molecule has 1 aliphatic heterocycles. The standard InChI is InChI=1S/C19H19F3N4O2/c1-13(27)25-8-10-26(11-9-25)17-12-14(6-7-23-17)18(28)24-16-4-2-15(3-5-16)19(20,21)22/h2-7,12H,8-11H2,1H3,(H,24,28). The van der Waals surface area contributed by atoms with Crippen molar-refractivity contribution < 1.29 is 22.8 Å². The molecule has 9 heteroatoms. The van der Waals surface area contributed by atoms with E-state index in [-0.39, 0.29) is 11.6 Å². The molecule has 1 aliphatic rings. The number of hydrogen-bond donors (Lipinski definition) is 1. The first-order valence-corrected chi connectivity index (χ1v) is 8.69. The number of anilines is 2. The number of aromatic nitrogens is 1. The summed E-state index contributed by atoms with van der Waals surface area (Å²) < 4.78 is 37.8. The third kappa shape index (κ3) is 4.59. The van der Waals surface area contributed by atoms with Gasteiger partial charge < -0.3 is 15.1 Å². The van der Waals surface area contributed by atoms with Crippen LogP contribution in [0.2, 0.25) is 0 Å². The van der Waals surface area contributed by atoms with E-state index < -0.39 is 17.6 Å². The molecule has 0 spiro atoms. The van der Waals surface area contributed by atoms with Crippen LogP contribution in [0.1, 0.15) is 22.8 Å². The van der Waals surface area contributed by atoms with Crippen molar-refractivity contribution in [2.24, 2.45) is 0 Å². The zero-order chi connectivity index (χ0) is 20.3. The summed E-state index contributed by atoms with van der Waals surface area (Å²) in [6.45, 7) is 3.91. The second-order valence-electron chi connectivity index (χ2n) is 6.43. The fourth-order valence-electron chi connectivity index (χ4n) is 2.93. The number of alkyl halides is 3. The Kier molecular flexibility index (Phi) is 5.53. The number of halogens is 3. The van der Waals surface area contributed by atoms with Gasteiger partial charge in [-0.2, -0.15) is 13.2 Å². The van der Waals surface area contributed by atoms with E-state index in [0.29, 0.717) is 37.6 Å². The molecule has 1 aromatic carbocycles. The Hall–Kier alpha value is -3.10. The average Bonchev–Trinajstić information content (AvgIpc) is 2.68. The molecule has 6 nitrogen and oxygen atoms in total. The van der Waals surface area contributed by atoms with Crippen LogP contribution in [0, 0.1) is 0 Å². The minimum absolute atomic E-state index is 0.0253. The summed E-state index contributed by atoms with van der Waals surface area (Å²) >= 11 is 0. The Bertz CT molecular complexity index is 860. The maximum absolute atomic E-state index is 12.6. The predicted octanol–water partition coefficient (Wildman–Crippen LogP) is 3.02. The molecule has 28 heavy (non-hydrogen) atoms. The molecule has 2 heterocycles. The van der Waals surface area contributed by atoms with E-state index in [2.05, 4.69) is 10.3 Å². The number of carbonyl (C=O) groups is 2. The highest BCUT2D eigenvalue weighted by Crippen LogP contribution is 2.30. The summed E-state index contributed by atoms with van der Waals surface area (Å²) in [6.07, 6.45) is -2.91. The zero-order valence-electron chi connectivity index (χ0n) is 15.2. The van der Waals surface area contributed by atoms with E-state index in [9.17, 15) is 22.8 Å². The highest BCUT2D eigenvalue weighted by atomic mass is 19.4. The van der Waals surface area contributed by atoms with E-state index in [1.165, 1.54) is 31.3 Å². The number of benzene rings is 1. The van der Waals surface area contributed by atoms with Crippen molar-refractivity contribution in [3.8, 4) is 0 Å². The fourth-order valence-corrected chi connectivity index (χ4v) is 2.93. The normalized spacial score (nSPS) is 14.7. The maximum atomic E-state index is 12.6. The Morgan fingerprint density at radius 2 is 1.68 bits per heavy atom. The van der Waals surface area contributed by atoms with E-state index in [4.69, 9.17) is 0 Å². The van der Waals surface area contributed by atoms with Gasteiger partial charge in [0.2, 0.25) is 5.91 Å². The number of amides is 2. The van der Waals surface area contributed by atoms with Gasteiger partial charge in [0.15, 0.2) is 0 Å². The van der Waals surface area contributed by atoms with Crippen molar-refractivity contribution in [3.63, 3.8) is 0 Å². The van der Waals surface area contributed by atoms with Gasteiger partial charge in [0, 0.05) is 50.6 Å². The fraction of sp³-hybridized carbons (Fsp3) is 0.316. The molecule has 0 saturated carbocycles. The van der Waals surface area contributed by atoms with Gasteiger partial charge in [-0.05, 0) is 36.4 Å². The van der Waals surface area contributed by atoms with Crippen LogP contribution in [-0.4, -0.2) is 47.9 Å². The molecule has 3 rings (SSSR count). The second kappa shape index (κ2) is 7.87. The van der Waals surface area contributed by atoms with Gasteiger partial charge in [0.1, 0.15) is 5.82 Å². The molecule has 1 N–H and O–H groups in total. The summed E-state index contributed by atoms with van der Waals surface area (Å²) in [6, 6.07) is 7.43. The first-order chi connectivity index (χ1) is 13.2. The first-order valence-electron chi connectivity index (χ1n) is 8.69. The van der Waals surface area contributed by atoms with Crippen LogP contribution in [0.25, 0.3) is 0 Å². The molecule has 1 fully saturated rings. The van der Waals surface area contributed by atoms with Crippen LogP contribution in [0.15, 0.2) is 42.6 Å². The van der Waals surface area contributed by atoms with Crippen molar-refractivity contribution in [3.05, 3.63) is 53.7 Å². The van der Waals surface area contributed by atoms with Crippen LogP contribution in [0.5, 0.6) is 0 Å². The average molecular weight is 392 g/mol. The van der Waals surface area contributed by atoms with Gasteiger partial charge >= 0.3 is 6.18 Å². The molecule has 1 aromatic heterocycles. The number of pyridine rings is 1. The molecule has 2 amide bonds. The molecule has 0 aliphatic carbocycles. The van der Waals surface area contributed by atoms with Crippen LogP contribution in [0.4, 0.5) is 24.7 Å². The van der Waals surface area contributed by atoms with Gasteiger partial charge in [-0.1, -0.05) is 0 Å². The molecule has 148 valence electrons. The first kappa shape index (κ1) is 19.7. The van der Waals surface area contributed by atoms with Gasteiger partial charge in [-0.3, -0.25) is 9.59 Å². The molecule has 0 bridgehead atoms. The number of hydrogen-bond acceptors (Lipinski definition) is 4. The Labute approximate surface area is 160 Å². The lowest BCUT2D eigenvalue weighted by atomic mass is 10.2. The van der Waals surface area contributed by atoms with Crippen molar-refractivity contribution in [2.45, 2.75) is 13.1 Å². The second-order valence-corrected chi connectivity index (χ2v) is 6.43. The van der Waals surface area contributed by atoms with Crippen LogP contribution < -0.4 is 10.2 Å². The highest BCUT2D eigenvalue weighted by Gasteiger charge is 2.30. The monoisotopic (exact) mass is 392 g/mol. The molecule has 0 atom stereocenters. The lowest BCUT2D eigenvalue weighted by molar-refractivity contribution is -0.137. The molecular formula is C19H19F3N4O2. The minimum Gasteiger partial charge on any atom is -0.353 e. The van der Waals surface area contributed by atoms with Crippen LogP contribution >= 0.6 is 0 Å². The van der Waals surface area contributed by atoms with Gasteiger partial charge in [0.05, 0.1) is 5.56 Å². The lowest BCUT2D eigenvalue weighted by Crippen LogP contribution is -2.48. The Morgan fingerprint density at radius 1 is 1.04 bits per heavy atom. The highest BCUT2D eigenvalue weighted by molar-refractivity contribution is 6.04. The Balaban J connectivity index is 1.66. The smallest absolute Gasteiger partial charge is 0.353 e. The van der Waals surface area contributed by atoms with Gasteiger partial charge in [0.25, 0.3) is 5.91 Å². The van der Waals surface area contributed by atoms with E-state index in [1.54, 1.807) is 11.0 Å². The third-order valence-corrected chi connectivity index (χ3v) is 4.53. The SMILES string of the molecule is CC(=O)N1CCN(c2cc(C(=O)Nc3ccc(C(F)(F)F)cc3)ccn2)CC1. The van der Waals surface area contributed by atoms with Gasteiger partial charge in [-0.15, -0.1) is 0 Å². The Morgan fingerprint density at radius 3 is 2.25 bits per heavy atom. The lowest BCUT2D eigenvalue weighted by Gasteiger charge is -2.35. The molecule has 2 aromatic rings. The van der Waals surface area contributed by atoms with Crippen LogP contribution in [-0.2, 0) is 11.0 Å². The number of carbonyl (C=O) groups excluding carboxylic acids is 2. The number of nitrogens with zero attached hydrogens (tertiary/aromatic N) is 3. The molecular weight excluding hydrogens is 373 g/mol. The summed E-state index contributed by atoms with van der Waals surface area (Å²) in [7, 11) is 0. The number of piperazine rings is 1. The minimum atomic E-state index is -4.42. The van der Waals surface area contributed by atoms with Crippen molar-refractivity contribution in [1.82, 2.24) is 9.88 Å². The largest absolute Gasteiger partial charge is 0.416 e.